The third kappa shape index (κ3) is 14.7. The molecule has 0 atom stereocenters. The molecular formula is C27H47N3O6SiSn. The summed E-state index contributed by atoms with van der Waals surface area (Å²) in [6.07, 6.45) is -1.53. The van der Waals surface area contributed by atoms with Crippen LogP contribution in [-0.2, 0) is 20.8 Å². The number of carbonyl (C=O) groups is 3. The molecule has 0 aromatic heterocycles. The van der Waals surface area contributed by atoms with E-state index in [-0.39, 0.29) is 18.5 Å². The number of aliphatic imine (C=N–C) groups is 1. The Kier molecular flexibility index (Phi) is 11.9. The summed E-state index contributed by atoms with van der Waals surface area (Å²) >= 11 is -2.59. The molecule has 11 heteroatoms. The minimum absolute atomic E-state index is 0.103. The number of nitrogens with one attached hydrogen (secondary N) is 2. The first-order valence-electron chi connectivity index (χ1n) is 12.9. The summed E-state index contributed by atoms with van der Waals surface area (Å²) in [4.78, 5) is 48.9. The average Bonchev–Trinajstić information content (AvgIpc) is 2.67. The van der Waals surface area contributed by atoms with Crippen molar-refractivity contribution in [3.63, 3.8) is 0 Å². The van der Waals surface area contributed by atoms with E-state index < -0.39 is 49.8 Å². The molecule has 1 aromatic carbocycles. The monoisotopic (exact) mass is 657 g/mol. The van der Waals surface area contributed by atoms with E-state index in [1.165, 1.54) is 0 Å². The van der Waals surface area contributed by atoms with Gasteiger partial charge in [0.25, 0.3) is 0 Å². The minimum atomic E-state index is -2.59. The second kappa shape index (κ2) is 13.3. The normalized spacial score (nSPS) is 12.3. The summed E-state index contributed by atoms with van der Waals surface area (Å²) in [5, 5.41) is 4.97. The summed E-state index contributed by atoms with van der Waals surface area (Å²) in [6, 6.07) is 6.61. The Bertz CT molecular complexity index is 999. The maximum atomic E-state index is 12.9. The van der Waals surface area contributed by atoms with Crippen LogP contribution in [0.15, 0.2) is 23.2 Å². The molecule has 0 aliphatic heterocycles. The van der Waals surface area contributed by atoms with Crippen molar-refractivity contribution in [3.8, 4) is 0 Å². The van der Waals surface area contributed by atoms with E-state index in [1.54, 1.807) is 47.6 Å². The van der Waals surface area contributed by atoms with Crippen molar-refractivity contribution in [2.75, 3.05) is 6.61 Å². The van der Waals surface area contributed by atoms with Gasteiger partial charge >= 0.3 is 234 Å². The molecular weight excluding hydrogens is 609 g/mol. The van der Waals surface area contributed by atoms with Crippen LogP contribution in [0.1, 0.15) is 57.5 Å². The van der Waals surface area contributed by atoms with Gasteiger partial charge in [-0.2, -0.15) is 0 Å². The zero-order valence-corrected chi connectivity index (χ0v) is 29.1. The molecule has 38 heavy (non-hydrogen) atoms. The van der Waals surface area contributed by atoms with Gasteiger partial charge in [0.2, 0.25) is 0 Å². The molecule has 1 aromatic rings. The van der Waals surface area contributed by atoms with Crippen LogP contribution in [0.2, 0.25) is 40.5 Å². The van der Waals surface area contributed by atoms with Crippen molar-refractivity contribution >= 4 is 54.1 Å². The maximum absolute atomic E-state index is 12.9. The van der Waals surface area contributed by atoms with E-state index in [1.807, 2.05) is 12.1 Å². The predicted molar refractivity (Wildman–Crippen MR) is 158 cm³/mol. The molecule has 0 spiro atoms. The molecule has 2 N–H and O–H groups in total. The van der Waals surface area contributed by atoms with E-state index in [4.69, 9.17) is 14.2 Å². The van der Waals surface area contributed by atoms with Crippen molar-refractivity contribution in [2.45, 2.75) is 99.8 Å². The molecule has 1 rings (SSSR count). The van der Waals surface area contributed by atoms with Gasteiger partial charge in [0.05, 0.1) is 0 Å². The van der Waals surface area contributed by atoms with Crippen LogP contribution in [0, 0.1) is 0 Å². The van der Waals surface area contributed by atoms with Gasteiger partial charge in [0.1, 0.15) is 0 Å². The molecule has 0 saturated heterocycles. The fraction of sp³-hybridized carbons (Fsp3) is 0.630. The summed E-state index contributed by atoms with van der Waals surface area (Å²) in [5.41, 5.74) is -0.225. The number of benzene rings is 1. The van der Waals surface area contributed by atoms with Crippen molar-refractivity contribution in [3.05, 3.63) is 29.3 Å². The van der Waals surface area contributed by atoms with Gasteiger partial charge in [-0.3, -0.25) is 0 Å². The topological polar surface area (TPSA) is 115 Å². The number of guanidine groups is 1. The fourth-order valence-electron chi connectivity index (χ4n) is 2.95. The molecule has 0 unspecified atom stereocenters. The fourth-order valence-corrected chi connectivity index (χ4v) is 7.11. The van der Waals surface area contributed by atoms with Gasteiger partial charge in [-0.1, -0.05) is 0 Å². The first-order valence-corrected chi connectivity index (χ1v) is 26.6. The Morgan fingerprint density at radius 3 is 1.79 bits per heavy atom. The molecule has 0 aliphatic carbocycles. The number of hydrogen-bond donors (Lipinski definition) is 2. The molecule has 0 heterocycles. The second-order valence-electron chi connectivity index (χ2n) is 13.5. The Morgan fingerprint density at radius 1 is 0.868 bits per heavy atom. The van der Waals surface area contributed by atoms with Crippen molar-refractivity contribution in [2.24, 2.45) is 4.99 Å². The summed E-state index contributed by atoms with van der Waals surface area (Å²) < 4.78 is 17.3. The SMILES string of the molecule is CC(C)(C)OC(=O)NC(=NCc1cc(C(=O)OCC[Si](C)(C)C)c[c]([Sn]([CH3])([CH3])[CH3])c1)NC(=O)OC(C)(C)C. The molecule has 0 radical (unpaired) electrons. The van der Waals surface area contributed by atoms with Crippen LogP contribution in [0.3, 0.4) is 0 Å². The van der Waals surface area contributed by atoms with Crippen molar-refractivity contribution in [1.29, 1.82) is 0 Å². The molecule has 214 valence electrons. The van der Waals surface area contributed by atoms with Gasteiger partial charge in [-0.05, 0) is 0 Å². The van der Waals surface area contributed by atoms with Gasteiger partial charge < -0.3 is 0 Å². The quantitative estimate of drug-likeness (QED) is 0.129. The third-order valence-electron chi connectivity index (χ3n) is 4.84. The number of rotatable bonds is 7. The van der Waals surface area contributed by atoms with Crippen molar-refractivity contribution < 1.29 is 28.6 Å². The number of amides is 2. The Morgan fingerprint density at radius 2 is 1.37 bits per heavy atom. The van der Waals surface area contributed by atoms with Gasteiger partial charge in [-0.25, -0.2) is 0 Å². The van der Waals surface area contributed by atoms with Crippen molar-refractivity contribution in [1.82, 2.24) is 10.6 Å². The molecule has 2 amide bonds. The predicted octanol–water partition coefficient (Wildman–Crippen LogP) is 5.63. The van der Waals surface area contributed by atoms with Gasteiger partial charge in [-0.15, -0.1) is 0 Å². The first kappa shape index (κ1) is 33.9. The number of nitrogens with zero attached hydrogens (tertiary/aromatic N) is 1. The van der Waals surface area contributed by atoms with Crippen LogP contribution in [-0.4, -0.2) is 68.4 Å². The molecule has 0 saturated carbocycles. The second-order valence-corrected chi connectivity index (χ2v) is 33.6. The molecule has 0 fully saturated rings. The van der Waals surface area contributed by atoms with Gasteiger partial charge in [0, 0.05) is 0 Å². The number of ether oxygens (including phenoxy) is 3. The van der Waals surface area contributed by atoms with Crippen LogP contribution in [0.25, 0.3) is 0 Å². The molecule has 0 aliphatic rings. The number of alkyl carbamates (subject to hydrolysis) is 2. The number of esters is 1. The van der Waals surface area contributed by atoms with E-state index in [2.05, 4.69) is 50.1 Å². The van der Waals surface area contributed by atoms with Crippen LogP contribution < -0.4 is 14.2 Å². The Hall–Kier alpha value is -2.08. The van der Waals surface area contributed by atoms with Gasteiger partial charge in [0.15, 0.2) is 0 Å². The molecule has 0 bridgehead atoms. The third-order valence-corrected chi connectivity index (χ3v) is 12.3. The standard InChI is InChI=1S/C24H38N3O6Si.3CH3.Sn/c1-23(2,3)32-21(29)26-20(27-22(30)33-24(4,5)6)25-16-17-11-10-12-18(15-17)19(28)31-13-14-34(7,8)9;;;;/h11-12,15H,13-14,16H2,1-9H3,(H2,25,26,27,29,30);3*1H3;. The zero-order chi connectivity index (χ0) is 29.5. The molecule has 9 nitrogen and oxygen atoms in total. The Balaban J connectivity index is 3.27. The van der Waals surface area contributed by atoms with E-state index in [9.17, 15) is 14.4 Å². The summed E-state index contributed by atoms with van der Waals surface area (Å²) in [7, 11) is -1.33. The summed E-state index contributed by atoms with van der Waals surface area (Å²) in [5.74, 6) is -0.470. The van der Waals surface area contributed by atoms with Crippen LogP contribution in [0.5, 0.6) is 0 Å². The number of carbonyl (C=O) groups excluding carboxylic acids is 3. The first-order chi connectivity index (χ1) is 17.0. The number of hydrogen-bond acceptors (Lipinski definition) is 7. The zero-order valence-electron chi connectivity index (χ0n) is 25.3. The van der Waals surface area contributed by atoms with E-state index in [0.717, 1.165) is 15.2 Å². The summed E-state index contributed by atoms with van der Waals surface area (Å²) in [6.45, 7) is 17.6. The Labute approximate surface area is 233 Å². The van der Waals surface area contributed by atoms with Crippen LogP contribution in [0.4, 0.5) is 9.59 Å². The van der Waals surface area contributed by atoms with E-state index >= 15 is 0 Å². The van der Waals surface area contributed by atoms with Crippen LogP contribution >= 0.6 is 0 Å². The average molecular weight is 656 g/mol. The van der Waals surface area contributed by atoms with E-state index in [0.29, 0.717) is 12.2 Å².